The minimum Gasteiger partial charge on any atom is -0.375 e. The van der Waals surface area contributed by atoms with E-state index in [-0.39, 0.29) is 12.0 Å². The van der Waals surface area contributed by atoms with Gasteiger partial charge in [0.05, 0.1) is 31.9 Å². The van der Waals surface area contributed by atoms with Crippen LogP contribution in [0.1, 0.15) is 12.2 Å². The molecule has 2 heterocycles. The zero-order valence-corrected chi connectivity index (χ0v) is 8.94. The quantitative estimate of drug-likeness (QED) is 0.733. The van der Waals surface area contributed by atoms with Crippen molar-refractivity contribution in [1.82, 2.24) is 15.8 Å². The standard InChI is InChI=1S/C10H15N3O3/c14-10(5-9-6-11-3-4-15-9)12-7-8-1-2-13-16-8/h1-2,9,11H,3-7H2,(H,12,14). The first-order chi connectivity index (χ1) is 7.84. The summed E-state index contributed by atoms with van der Waals surface area (Å²) in [7, 11) is 0. The second-order valence-electron chi connectivity index (χ2n) is 3.66. The summed E-state index contributed by atoms with van der Waals surface area (Å²) in [6.45, 7) is 2.63. The van der Waals surface area contributed by atoms with E-state index in [0.29, 0.717) is 25.3 Å². The topological polar surface area (TPSA) is 76.4 Å². The summed E-state index contributed by atoms with van der Waals surface area (Å²) < 4.78 is 10.3. The normalized spacial score (nSPS) is 20.6. The molecule has 0 saturated carbocycles. The van der Waals surface area contributed by atoms with Gasteiger partial charge >= 0.3 is 0 Å². The van der Waals surface area contributed by atoms with Crippen molar-refractivity contribution >= 4 is 5.91 Å². The lowest BCUT2D eigenvalue weighted by Crippen LogP contribution is -2.41. The van der Waals surface area contributed by atoms with E-state index >= 15 is 0 Å². The lowest BCUT2D eigenvalue weighted by molar-refractivity contribution is -0.124. The van der Waals surface area contributed by atoms with E-state index in [1.165, 1.54) is 0 Å². The third kappa shape index (κ3) is 3.32. The maximum atomic E-state index is 11.5. The molecule has 1 atom stereocenters. The lowest BCUT2D eigenvalue weighted by Gasteiger charge is -2.22. The Kier molecular flexibility index (Phi) is 3.90. The molecule has 2 rings (SSSR count). The minimum atomic E-state index is -0.0369. The third-order valence-corrected chi connectivity index (χ3v) is 2.37. The Hall–Kier alpha value is -1.40. The van der Waals surface area contributed by atoms with Crippen LogP contribution >= 0.6 is 0 Å². The van der Waals surface area contributed by atoms with Gasteiger partial charge in [0.25, 0.3) is 0 Å². The van der Waals surface area contributed by atoms with Crippen molar-refractivity contribution in [3.05, 3.63) is 18.0 Å². The molecule has 1 amide bonds. The molecule has 1 unspecified atom stereocenters. The summed E-state index contributed by atoms with van der Waals surface area (Å²) >= 11 is 0. The van der Waals surface area contributed by atoms with Crippen LogP contribution in [0.15, 0.2) is 16.8 Å². The first kappa shape index (κ1) is 11.1. The largest absolute Gasteiger partial charge is 0.375 e. The number of morpholine rings is 1. The molecule has 1 aromatic heterocycles. The monoisotopic (exact) mass is 225 g/mol. The van der Waals surface area contributed by atoms with Crippen LogP contribution in [0, 0.1) is 0 Å². The van der Waals surface area contributed by atoms with E-state index in [0.717, 1.165) is 13.1 Å². The molecule has 1 fully saturated rings. The van der Waals surface area contributed by atoms with Gasteiger partial charge in [-0.2, -0.15) is 0 Å². The minimum absolute atomic E-state index is 0.0246. The van der Waals surface area contributed by atoms with E-state index in [1.807, 2.05) is 0 Å². The first-order valence-electron chi connectivity index (χ1n) is 5.33. The summed E-state index contributed by atoms with van der Waals surface area (Å²) in [5.74, 6) is 0.612. The maximum absolute atomic E-state index is 11.5. The second-order valence-corrected chi connectivity index (χ2v) is 3.66. The van der Waals surface area contributed by atoms with Crippen LogP contribution in [0.3, 0.4) is 0 Å². The van der Waals surface area contributed by atoms with Crippen LogP contribution in [0.5, 0.6) is 0 Å². The predicted octanol–water partition coefficient (Wildman–Crippen LogP) is -0.331. The van der Waals surface area contributed by atoms with Crippen molar-refractivity contribution in [3.8, 4) is 0 Å². The van der Waals surface area contributed by atoms with Crippen molar-refractivity contribution in [2.75, 3.05) is 19.7 Å². The Morgan fingerprint density at radius 1 is 1.69 bits per heavy atom. The Balaban J connectivity index is 1.67. The average molecular weight is 225 g/mol. The molecular weight excluding hydrogens is 210 g/mol. The number of amides is 1. The fraction of sp³-hybridized carbons (Fsp3) is 0.600. The molecule has 6 nitrogen and oxygen atoms in total. The Morgan fingerprint density at radius 2 is 2.62 bits per heavy atom. The molecule has 0 bridgehead atoms. The van der Waals surface area contributed by atoms with Gasteiger partial charge in [0.2, 0.25) is 5.91 Å². The summed E-state index contributed by atoms with van der Waals surface area (Å²) in [4.78, 5) is 11.5. The van der Waals surface area contributed by atoms with E-state index in [1.54, 1.807) is 12.3 Å². The molecule has 0 aliphatic carbocycles. The van der Waals surface area contributed by atoms with E-state index in [9.17, 15) is 4.79 Å². The summed E-state index contributed by atoms with van der Waals surface area (Å²) in [5, 5.41) is 9.48. The van der Waals surface area contributed by atoms with E-state index < -0.39 is 0 Å². The highest BCUT2D eigenvalue weighted by Gasteiger charge is 2.17. The number of hydrogen-bond donors (Lipinski definition) is 2. The second kappa shape index (κ2) is 5.62. The highest BCUT2D eigenvalue weighted by Crippen LogP contribution is 2.02. The molecule has 0 spiro atoms. The van der Waals surface area contributed by atoms with Gasteiger partial charge in [-0.05, 0) is 0 Å². The van der Waals surface area contributed by atoms with Gasteiger partial charge in [-0.3, -0.25) is 4.79 Å². The van der Waals surface area contributed by atoms with Crippen LogP contribution in [0.4, 0.5) is 0 Å². The molecule has 0 radical (unpaired) electrons. The number of nitrogens with zero attached hydrogens (tertiary/aromatic N) is 1. The van der Waals surface area contributed by atoms with Gasteiger partial charge in [0, 0.05) is 19.2 Å². The van der Waals surface area contributed by atoms with Crippen molar-refractivity contribution in [3.63, 3.8) is 0 Å². The van der Waals surface area contributed by atoms with Gasteiger partial charge in [-0.15, -0.1) is 0 Å². The molecule has 1 aliphatic heterocycles. The van der Waals surface area contributed by atoms with Crippen LogP contribution in [0.25, 0.3) is 0 Å². The van der Waals surface area contributed by atoms with Gasteiger partial charge < -0.3 is 19.9 Å². The molecule has 88 valence electrons. The molecule has 1 aromatic rings. The number of rotatable bonds is 4. The van der Waals surface area contributed by atoms with Crippen LogP contribution in [-0.4, -0.2) is 36.9 Å². The number of carbonyl (C=O) groups excluding carboxylic acids is 1. The molecule has 1 aliphatic rings. The molecule has 6 heteroatoms. The average Bonchev–Trinajstić information content (AvgIpc) is 2.81. The number of nitrogens with one attached hydrogen (secondary N) is 2. The third-order valence-electron chi connectivity index (χ3n) is 2.37. The molecular formula is C10H15N3O3. The van der Waals surface area contributed by atoms with Gasteiger partial charge in [0.1, 0.15) is 0 Å². The van der Waals surface area contributed by atoms with Crippen LogP contribution in [0.2, 0.25) is 0 Å². The van der Waals surface area contributed by atoms with Gasteiger partial charge in [0.15, 0.2) is 5.76 Å². The van der Waals surface area contributed by atoms with Crippen LogP contribution in [-0.2, 0) is 16.1 Å². The Labute approximate surface area is 93.3 Å². The zero-order chi connectivity index (χ0) is 11.2. The van der Waals surface area contributed by atoms with Crippen molar-refractivity contribution in [1.29, 1.82) is 0 Å². The van der Waals surface area contributed by atoms with E-state index in [4.69, 9.17) is 9.26 Å². The fourth-order valence-electron chi connectivity index (χ4n) is 1.55. The molecule has 1 saturated heterocycles. The Bertz CT molecular complexity index is 320. The smallest absolute Gasteiger partial charge is 0.223 e. The number of ether oxygens (including phenoxy) is 1. The SMILES string of the molecule is O=C(CC1CNCCO1)NCc1ccno1. The lowest BCUT2D eigenvalue weighted by atomic mass is 10.2. The van der Waals surface area contributed by atoms with Crippen molar-refractivity contribution in [2.24, 2.45) is 0 Å². The summed E-state index contributed by atoms with van der Waals surface area (Å²) in [5.41, 5.74) is 0. The highest BCUT2D eigenvalue weighted by molar-refractivity contribution is 5.76. The Morgan fingerprint density at radius 3 is 3.31 bits per heavy atom. The molecule has 2 N–H and O–H groups in total. The number of aromatic nitrogens is 1. The number of carbonyl (C=O) groups is 1. The maximum Gasteiger partial charge on any atom is 0.223 e. The van der Waals surface area contributed by atoms with Gasteiger partial charge in [-0.25, -0.2) is 0 Å². The highest BCUT2D eigenvalue weighted by atomic mass is 16.5. The van der Waals surface area contributed by atoms with E-state index in [2.05, 4.69) is 15.8 Å². The summed E-state index contributed by atoms with van der Waals surface area (Å²) in [6.07, 6.45) is 1.90. The summed E-state index contributed by atoms with van der Waals surface area (Å²) in [6, 6.07) is 1.72. The molecule has 16 heavy (non-hydrogen) atoms. The fourth-order valence-corrected chi connectivity index (χ4v) is 1.55. The molecule has 0 aromatic carbocycles. The van der Waals surface area contributed by atoms with Gasteiger partial charge in [-0.1, -0.05) is 5.16 Å². The number of hydrogen-bond acceptors (Lipinski definition) is 5. The van der Waals surface area contributed by atoms with Crippen LogP contribution < -0.4 is 10.6 Å². The van der Waals surface area contributed by atoms with Crippen molar-refractivity contribution in [2.45, 2.75) is 19.1 Å². The zero-order valence-electron chi connectivity index (χ0n) is 8.94. The van der Waals surface area contributed by atoms with Crippen molar-refractivity contribution < 1.29 is 14.1 Å². The first-order valence-corrected chi connectivity index (χ1v) is 5.33. The predicted molar refractivity (Wildman–Crippen MR) is 55.6 cm³/mol.